The maximum atomic E-state index is 4.15. The molecule has 4 bridgehead atoms. The van der Waals surface area contributed by atoms with Crippen molar-refractivity contribution in [2.75, 3.05) is 0 Å². The van der Waals surface area contributed by atoms with Gasteiger partial charge < -0.3 is 0 Å². The molecule has 0 amide bonds. The van der Waals surface area contributed by atoms with Crippen molar-refractivity contribution in [3.8, 4) is 0 Å². The Labute approximate surface area is 88.8 Å². The van der Waals surface area contributed by atoms with Crippen molar-refractivity contribution >= 4 is 0 Å². The number of nitrogens with zero attached hydrogens (tertiary/aromatic N) is 3. The van der Waals surface area contributed by atoms with Gasteiger partial charge in [-0.1, -0.05) is 0 Å². The van der Waals surface area contributed by atoms with E-state index >= 15 is 0 Å². The highest BCUT2D eigenvalue weighted by Gasteiger charge is 2.49. The van der Waals surface area contributed by atoms with E-state index in [0.29, 0.717) is 5.92 Å². The molecule has 4 nitrogen and oxygen atoms in total. The molecule has 4 saturated carbocycles. The number of aromatic nitrogens is 4. The van der Waals surface area contributed by atoms with Gasteiger partial charge in [-0.25, -0.2) is 5.10 Å². The van der Waals surface area contributed by atoms with Gasteiger partial charge in [0.1, 0.15) is 0 Å². The molecule has 4 fully saturated rings. The quantitative estimate of drug-likeness (QED) is 0.758. The van der Waals surface area contributed by atoms with Gasteiger partial charge in [0.25, 0.3) is 0 Å². The SMILES string of the molecule is C1C2CC3CC1CC(C2)C3c1nnn[nH]1. The molecule has 4 aliphatic rings. The molecular weight excluding hydrogens is 188 g/mol. The molecule has 1 heterocycles. The second-order valence-corrected chi connectivity index (χ2v) is 5.74. The fourth-order valence-corrected chi connectivity index (χ4v) is 4.68. The van der Waals surface area contributed by atoms with Gasteiger partial charge in [0.05, 0.1) is 0 Å². The number of nitrogens with one attached hydrogen (secondary N) is 1. The van der Waals surface area contributed by atoms with Crippen LogP contribution in [0.15, 0.2) is 0 Å². The molecule has 0 radical (unpaired) electrons. The first kappa shape index (κ1) is 8.25. The van der Waals surface area contributed by atoms with E-state index in [1.54, 1.807) is 0 Å². The summed E-state index contributed by atoms with van der Waals surface area (Å²) in [6.07, 6.45) is 7.22. The fraction of sp³-hybridized carbons (Fsp3) is 0.909. The lowest BCUT2D eigenvalue weighted by Crippen LogP contribution is -2.44. The average molecular weight is 204 g/mol. The van der Waals surface area contributed by atoms with Gasteiger partial charge in [0.15, 0.2) is 5.82 Å². The van der Waals surface area contributed by atoms with Gasteiger partial charge in [-0.3, -0.25) is 0 Å². The van der Waals surface area contributed by atoms with E-state index < -0.39 is 0 Å². The zero-order valence-corrected chi connectivity index (χ0v) is 8.76. The largest absolute Gasteiger partial charge is 0.243 e. The van der Waals surface area contributed by atoms with Crippen LogP contribution in [0.4, 0.5) is 0 Å². The first-order chi connectivity index (χ1) is 7.40. The van der Waals surface area contributed by atoms with Crippen LogP contribution in [0.1, 0.15) is 43.8 Å². The second-order valence-electron chi connectivity index (χ2n) is 5.74. The van der Waals surface area contributed by atoms with Crippen LogP contribution in [0.3, 0.4) is 0 Å². The summed E-state index contributed by atoms with van der Waals surface area (Å²) < 4.78 is 0. The average Bonchev–Trinajstić information content (AvgIpc) is 2.69. The molecule has 1 aromatic heterocycles. The number of hydrogen-bond acceptors (Lipinski definition) is 3. The van der Waals surface area contributed by atoms with Crippen LogP contribution in [0, 0.1) is 23.7 Å². The molecular formula is C11H16N4. The van der Waals surface area contributed by atoms with Crippen LogP contribution in [-0.2, 0) is 0 Å². The number of tetrazole rings is 1. The molecule has 15 heavy (non-hydrogen) atoms. The highest BCUT2D eigenvalue weighted by Crippen LogP contribution is 2.59. The van der Waals surface area contributed by atoms with E-state index in [0.717, 1.165) is 29.5 Å². The molecule has 0 spiro atoms. The third-order valence-electron chi connectivity index (χ3n) is 4.90. The Morgan fingerprint density at radius 3 is 2.13 bits per heavy atom. The minimum absolute atomic E-state index is 0.646. The molecule has 1 N–H and O–H groups in total. The Balaban J connectivity index is 1.71. The minimum atomic E-state index is 0.646. The molecule has 5 rings (SSSR count). The van der Waals surface area contributed by atoms with Crippen LogP contribution in [-0.4, -0.2) is 20.6 Å². The topological polar surface area (TPSA) is 54.5 Å². The van der Waals surface area contributed by atoms with Gasteiger partial charge in [-0.05, 0) is 66.2 Å². The van der Waals surface area contributed by atoms with E-state index in [-0.39, 0.29) is 0 Å². The van der Waals surface area contributed by atoms with Gasteiger partial charge in [-0.2, -0.15) is 0 Å². The van der Waals surface area contributed by atoms with Gasteiger partial charge in [0, 0.05) is 5.92 Å². The zero-order chi connectivity index (χ0) is 9.83. The van der Waals surface area contributed by atoms with E-state index in [4.69, 9.17) is 0 Å². The lowest BCUT2D eigenvalue weighted by Gasteiger charge is -2.53. The Morgan fingerprint density at radius 1 is 0.933 bits per heavy atom. The predicted octanol–water partition coefficient (Wildman–Crippen LogP) is 1.74. The number of hydrogen-bond donors (Lipinski definition) is 1. The number of aromatic amines is 1. The summed E-state index contributed by atoms with van der Waals surface area (Å²) in [5, 5.41) is 14.6. The van der Waals surface area contributed by atoms with Crippen LogP contribution in [0.25, 0.3) is 0 Å². The summed E-state index contributed by atoms with van der Waals surface area (Å²) in [6, 6.07) is 0. The Hall–Kier alpha value is -0.930. The highest BCUT2D eigenvalue weighted by atomic mass is 15.5. The van der Waals surface area contributed by atoms with E-state index in [2.05, 4.69) is 20.6 Å². The normalized spacial score (nSPS) is 47.3. The maximum absolute atomic E-state index is 4.15. The third-order valence-corrected chi connectivity index (χ3v) is 4.90. The zero-order valence-electron chi connectivity index (χ0n) is 8.76. The summed E-state index contributed by atoms with van der Waals surface area (Å²) in [6.45, 7) is 0. The van der Waals surface area contributed by atoms with Gasteiger partial charge in [0.2, 0.25) is 0 Å². The number of H-pyrrole nitrogens is 1. The van der Waals surface area contributed by atoms with Crippen LogP contribution >= 0.6 is 0 Å². The van der Waals surface area contributed by atoms with Crippen molar-refractivity contribution in [1.82, 2.24) is 20.6 Å². The van der Waals surface area contributed by atoms with Gasteiger partial charge >= 0.3 is 0 Å². The third kappa shape index (κ3) is 1.11. The van der Waals surface area contributed by atoms with Crippen molar-refractivity contribution in [1.29, 1.82) is 0 Å². The Bertz CT molecular complexity index is 331. The van der Waals surface area contributed by atoms with Crippen molar-refractivity contribution in [2.45, 2.75) is 38.0 Å². The van der Waals surface area contributed by atoms with Crippen LogP contribution in [0.2, 0.25) is 0 Å². The van der Waals surface area contributed by atoms with Crippen molar-refractivity contribution in [3.05, 3.63) is 5.82 Å². The van der Waals surface area contributed by atoms with E-state index in [9.17, 15) is 0 Å². The second kappa shape index (κ2) is 2.80. The predicted molar refractivity (Wildman–Crippen MR) is 54.0 cm³/mol. The van der Waals surface area contributed by atoms with E-state index in [1.165, 1.54) is 32.1 Å². The van der Waals surface area contributed by atoms with Crippen molar-refractivity contribution in [2.24, 2.45) is 23.7 Å². The standard InChI is InChI=1S/C11H16N4/c1-6-2-8-4-7(1)5-9(3-6)10(8)11-12-14-15-13-11/h6-10H,1-5H2,(H,12,13,14,15). The number of rotatable bonds is 1. The molecule has 0 unspecified atom stereocenters. The summed E-state index contributed by atoms with van der Waals surface area (Å²) >= 11 is 0. The van der Waals surface area contributed by atoms with Crippen LogP contribution in [0.5, 0.6) is 0 Å². The van der Waals surface area contributed by atoms with Crippen molar-refractivity contribution < 1.29 is 0 Å². The molecule has 4 heteroatoms. The van der Waals surface area contributed by atoms with Crippen LogP contribution < -0.4 is 0 Å². The Morgan fingerprint density at radius 2 is 1.60 bits per heavy atom. The molecule has 80 valence electrons. The molecule has 0 atom stereocenters. The minimum Gasteiger partial charge on any atom is -0.243 e. The molecule has 1 aromatic rings. The molecule has 4 aliphatic carbocycles. The summed E-state index contributed by atoms with van der Waals surface area (Å²) in [5.41, 5.74) is 0. The van der Waals surface area contributed by atoms with E-state index in [1.807, 2.05) is 0 Å². The smallest absolute Gasteiger partial charge is 0.152 e. The maximum Gasteiger partial charge on any atom is 0.152 e. The molecule has 0 aromatic carbocycles. The highest BCUT2D eigenvalue weighted by molar-refractivity contribution is 5.08. The lowest BCUT2D eigenvalue weighted by atomic mass is 9.52. The molecule has 0 aliphatic heterocycles. The monoisotopic (exact) mass is 204 g/mol. The lowest BCUT2D eigenvalue weighted by molar-refractivity contribution is -0.00564. The first-order valence-electron chi connectivity index (χ1n) is 6.14. The van der Waals surface area contributed by atoms with Gasteiger partial charge in [-0.15, -0.1) is 5.10 Å². The Kier molecular flexibility index (Phi) is 1.54. The summed E-state index contributed by atoms with van der Waals surface area (Å²) in [4.78, 5) is 0. The fourth-order valence-electron chi connectivity index (χ4n) is 4.68. The summed E-state index contributed by atoms with van der Waals surface area (Å²) in [5.74, 6) is 5.50. The summed E-state index contributed by atoms with van der Waals surface area (Å²) in [7, 11) is 0. The van der Waals surface area contributed by atoms with Crippen molar-refractivity contribution in [3.63, 3.8) is 0 Å². The first-order valence-corrected chi connectivity index (χ1v) is 6.14. The molecule has 0 saturated heterocycles.